The van der Waals surface area contributed by atoms with Crippen LogP contribution in [-0.4, -0.2) is 11.7 Å². The van der Waals surface area contributed by atoms with Crippen molar-refractivity contribution in [1.29, 1.82) is 0 Å². The van der Waals surface area contributed by atoms with E-state index in [0.717, 1.165) is 0 Å². The Morgan fingerprint density at radius 2 is 2.36 bits per heavy atom. The number of rotatable bonds is 2. The van der Waals surface area contributed by atoms with Crippen LogP contribution in [-0.2, 0) is 11.5 Å². The third-order valence-corrected chi connectivity index (χ3v) is 2.12. The molecule has 0 bridgehead atoms. The summed E-state index contributed by atoms with van der Waals surface area (Å²) in [6.07, 6.45) is 0. The van der Waals surface area contributed by atoms with E-state index in [9.17, 15) is 4.79 Å². The standard InChI is InChI=1S/C9H8ClNO3/c1-13-5-11-7-3-2-6(10)4-8(7)14-9(11)12/h2-4H,5H2,1H3. The van der Waals surface area contributed by atoms with Crippen LogP contribution in [0.4, 0.5) is 0 Å². The van der Waals surface area contributed by atoms with Crippen LogP contribution in [0.3, 0.4) is 0 Å². The van der Waals surface area contributed by atoms with Gasteiger partial charge in [0.05, 0.1) is 5.52 Å². The Kier molecular flexibility index (Phi) is 2.31. The lowest BCUT2D eigenvalue weighted by Gasteiger charge is -1.98. The first kappa shape index (κ1) is 9.30. The summed E-state index contributed by atoms with van der Waals surface area (Å²) in [5.41, 5.74) is 1.15. The lowest BCUT2D eigenvalue weighted by Crippen LogP contribution is -2.14. The molecular formula is C9H8ClNO3. The fourth-order valence-corrected chi connectivity index (χ4v) is 1.45. The van der Waals surface area contributed by atoms with E-state index in [0.29, 0.717) is 16.1 Å². The quantitative estimate of drug-likeness (QED) is 0.765. The maximum atomic E-state index is 11.3. The van der Waals surface area contributed by atoms with E-state index in [-0.39, 0.29) is 6.73 Å². The summed E-state index contributed by atoms with van der Waals surface area (Å²) >= 11 is 5.75. The third kappa shape index (κ3) is 1.42. The van der Waals surface area contributed by atoms with E-state index < -0.39 is 5.76 Å². The van der Waals surface area contributed by atoms with Crippen LogP contribution < -0.4 is 5.76 Å². The van der Waals surface area contributed by atoms with Crippen molar-refractivity contribution in [2.45, 2.75) is 6.73 Å². The molecule has 4 nitrogen and oxygen atoms in total. The Morgan fingerprint density at radius 1 is 1.57 bits per heavy atom. The number of hydrogen-bond acceptors (Lipinski definition) is 3. The van der Waals surface area contributed by atoms with Gasteiger partial charge in [0.15, 0.2) is 5.58 Å². The van der Waals surface area contributed by atoms with Gasteiger partial charge in [0.2, 0.25) is 0 Å². The van der Waals surface area contributed by atoms with Crippen molar-refractivity contribution in [2.75, 3.05) is 7.11 Å². The zero-order chi connectivity index (χ0) is 10.1. The lowest BCUT2D eigenvalue weighted by molar-refractivity contribution is 0.128. The molecule has 0 aliphatic rings. The molecule has 2 aromatic rings. The van der Waals surface area contributed by atoms with Gasteiger partial charge in [0, 0.05) is 18.2 Å². The van der Waals surface area contributed by atoms with Gasteiger partial charge in [-0.3, -0.25) is 0 Å². The van der Waals surface area contributed by atoms with Gasteiger partial charge in [-0.2, -0.15) is 0 Å². The summed E-state index contributed by atoms with van der Waals surface area (Å²) in [5, 5.41) is 0.538. The van der Waals surface area contributed by atoms with Gasteiger partial charge in [-0.15, -0.1) is 0 Å². The average Bonchev–Trinajstić information content (AvgIpc) is 2.43. The molecule has 0 N–H and O–H groups in total. The molecule has 1 heterocycles. The molecule has 5 heteroatoms. The van der Waals surface area contributed by atoms with E-state index in [1.54, 1.807) is 18.2 Å². The highest BCUT2D eigenvalue weighted by Gasteiger charge is 2.08. The van der Waals surface area contributed by atoms with Gasteiger partial charge < -0.3 is 9.15 Å². The summed E-state index contributed by atoms with van der Waals surface area (Å²) in [5.74, 6) is -0.441. The summed E-state index contributed by atoms with van der Waals surface area (Å²) in [4.78, 5) is 11.3. The monoisotopic (exact) mass is 213 g/mol. The SMILES string of the molecule is COCn1c(=O)oc2cc(Cl)ccc21. The number of hydrogen-bond donors (Lipinski definition) is 0. The van der Waals surface area contributed by atoms with Crippen molar-refractivity contribution in [3.63, 3.8) is 0 Å². The van der Waals surface area contributed by atoms with Crippen LogP contribution in [0.25, 0.3) is 11.1 Å². The minimum Gasteiger partial charge on any atom is -0.408 e. The molecule has 1 aromatic heterocycles. The molecule has 0 radical (unpaired) electrons. The number of ether oxygens (including phenoxy) is 1. The molecule has 1 aromatic carbocycles. The van der Waals surface area contributed by atoms with Crippen LogP contribution in [0.2, 0.25) is 5.02 Å². The molecule has 0 saturated carbocycles. The second-order valence-corrected chi connectivity index (χ2v) is 3.26. The second kappa shape index (κ2) is 3.48. The molecule has 0 saturated heterocycles. The first-order valence-electron chi connectivity index (χ1n) is 4.00. The number of nitrogens with zero attached hydrogens (tertiary/aromatic N) is 1. The van der Waals surface area contributed by atoms with E-state index >= 15 is 0 Å². The first-order valence-corrected chi connectivity index (χ1v) is 4.38. The average molecular weight is 214 g/mol. The fraction of sp³-hybridized carbons (Fsp3) is 0.222. The smallest absolute Gasteiger partial charge is 0.408 e. The Morgan fingerprint density at radius 3 is 3.07 bits per heavy atom. The van der Waals surface area contributed by atoms with Crippen molar-refractivity contribution in [3.05, 3.63) is 33.8 Å². The van der Waals surface area contributed by atoms with E-state index in [4.69, 9.17) is 20.8 Å². The molecule has 0 aliphatic carbocycles. The molecule has 0 atom stereocenters. The van der Waals surface area contributed by atoms with Crippen molar-refractivity contribution < 1.29 is 9.15 Å². The lowest BCUT2D eigenvalue weighted by atomic mass is 10.3. The zero-order valence-corrected chi connectivity index (χ0v) is 8.25. The highest BCUT2D eigenvalue weighted by Crippen LogP contribution is 2.18. The summed E-state index contributed by atoms with van der Waals surface area (Å²) in [6.45, 7) is 0.174. The van der Waals surface area contributed by atoms with Gasteiger partial charge in [0.25, 0.3) is 0 Å². The minimum atomic E-state index is -0.441. The molecule has 0 spiro atoms. The zero-order valence-electron chi connectivity index (χ0n) is 7.49. The van der Waals surface area contributed by atoms with Gasteiger partial charge in [-0.1, -0.05) is 11.6 Å². The highest BCUT2D eigenvalue weighted by molar-refractivity contribution is 6.31. The molecule has 0 aliphatic heterocycles. The predicted octanol–water partition coefficient (Wildman–Crippen LogP) is 1.85. The minimum absolute atomic E-state index is 0.174. The Labute approximate surface area is 84.6 Å². The molecule has 74 valence electrons. The number of aromatic nitrogens is 1. The normalized spacial score (nSPS) is 11.0. The maximum Gasteiger partial charge on any atom is 0.421 e. The number of benzene rings is 1. The van der Waals surface area contributed by atoms with E-state index in [1.807, 2.05) is 0 Å². The Hall–Kier alpha value is -1.26. The molecule has 0 unspecified atom stereocenters. The van der Waals surface area contributed by atoms with Crippen LogP contribution >= 0.6 is 11.6 Å². The number of oxazole rings is 1. The Bertz CT molecular complexity index is 514. The van der Waals surface area contributed by atoms with Gasteiger partial charge >= 0.3 is 5.76 Å². The largest absolute Gasteiger partial charge is 0.421 e. The summed E-state index contributed by atoms with van der Waals surface area (Å²) in [6, 6.07) is 5.02. The van der Waals surface area contributed by atoms with Gasteiger partial charge in [-0.05, 0) is 12.1 Å². The fourth-order valence-electron chi connectivity index (χ4n) is 1.29. The van der Waals surface area contributed by atoms with Crippen LogP contribution in [0.15, 0.2) is 27.4 Å². The first-order chi connectivity index (χ1) is 6.72. The predicted molar refractivity (Wildman–Crippen MR) is 52.5 cm³/mol. The summed E-state index contributed by atoms with van der Waals surface area (Å²) < 4.78 is 11.2. The topological polar surface area (TPSA) is 44.4 Å². The number of fused-ring (bicyclic) bond motifs is 1. The molecule has 2 rings (SSSR count). The van der Waals surface area contributed by atoms with Crippen molar-refractivity contribution in [2.24, 2.45) is 0 Å². The van der Waals surface area contributed by atoms with Crippen molar-refractivity contribution >= 4 is 22.7 Å². The van der Waals surface area contributed by atoms with Crippen LogP contribution in [0, 0.1) is 0 Å². The van der Waals surface area contributed by atoms with Crippen LogP contribution in [0.5, 0.6) is 0 Å². The Balaban J connectivity index is 2.71. The summed E-state index contributed by atoms with van der Waals surface area (Å²) in [7, 11) is 1.52. The van der Waals surface area contributed by atoms with Crippen LogP contribution in [0.1, 0.15) is 0 Å². The molecule has 14 heavy (non-hydrogen) atoms. The number of halogens is 1. The van der Waals surface area contributed by atoms with Crippen molar-refractivity contribution in [3.8, 4) is 0 Å². The third-order valence-electron chi connectivity index (χ3n) is 1.89. The van der Waals surface area contributed by atoms with Crippen molar-refractivity contribution in [1.82, 2.24) is 4.57 Å². The van der Waals surface area contributed by atoms with E-state index in [1.165, 1.54) is 11.7 Å². The second-order valence-electron chi connectivity index (χ2n) is 2.83. The maximum absolute atomic E-state index is 11.3. The number of methoxy groups -OCH3 is 1. The molecule has 0 amide bonds. The van der Waals surface area contributed by atoms with Gasteiger partial charge in [-0.25, -0.2) is 9.36 Å². The molecular weight excluding hydrogens is 206 g/mol. The highest BCUT2D eigenvalue weighted by atomic mass is 35.5. The van der Waals surface area contributed by atoms with Gasteiger partial charge in [0.1, 0.15) is 6.73 Å². The van der Waals surface area contributed by atoms with E-state index in [2.05, 4.69) is 0 Å². The molecule has 0 fully saturated rings.